The third-order valence-electron chi connectivity index (χ3n) is 4.20. The molecule has 0 saturated carbocycles. The first-order valence-electron chi connectivity index (χ1n) is 8.05. The number of halogens is 4. The summed E-state index contributed by atoms with van der Waals surface area (Å²) in [5.41, 5.74) is 0.655. The lowest BCUT2D eigenvalue weighted by atomic mass is 10.00. The number of carbonyl (C=O) groups is 1. The Bertz CT molecular complexity index is 812. The molecular formula is C16H16ClF3N4O3. The van der Waals surface area contributed by atoms with E-state index in [1.54, 1.807) is 31.2 Å². The lowest BCUT2D eigenvalue weighted by molar-refractivity contribution is -0.359. The van der Waals surface area contributed by atoms with Crippen LogP contribution in [0.1, 0.15) is 13.8 Å². The van der Waals surface area contributed by atoms with Gasteiger partial charge in [-0.25, -0.2) is 0 Å². The smallest absolute Gasteiger partial charge is 0.403 e. The van der Waals surface area contributed by atoms with Gasteiger partial charge in [0.2, 0.25) is 11.8 Å². The largest absolute Gasteiger partial charge is 0.522 e. The zero-order valence-electron chi connectivity index (χ0n) is 14.3. The molecule has 7 nitrogen and oxygen atoms in total. The first-order chi connectivity index (χ1) is 12.6. The molecule has 0 aliphatic carbocycles. The number of nitrogens with zero attached hydrogens (tertiary/aromatic N) is 3. The van der Waals surface area contributed by atoms with E-state index in [1.165, 1.54) is 11.8 Å². The topological polar surface area (TPSA) is 80.5 Å². The van der Waals surface area contributed by atoms with E-state index in [4.69, 9.17) is 16.0 Å². The molecular weight excluding hydrogens is 389 g/mol. The molecule has 1 N–H and O–H groups in total. The standard InChI is InChI=1S/C16H16ClF3N4O3/c1-8(14(25)24-7-12(9(24)2)27-16(18,19)20)21-15-23-22-13(26-15)10-3-5-11(17)6-4-10/h3-6,8-9,12H,7H2,1-2H3,(H,21,23)/t8-,9+,12+/m1/s1. The molecule has 1 aromatic carbocycles. The fourth-order valence-corrected chi connectivity index (χ4v) is 2.79. The van der Waals surface area contributed by atoms with E-state index in [2.05, 4.69) is 20.3 Å². The molecule has 1 fully saturated rings. The van der Waals surface area contributed by atoms with Crippen molar-refractivity contribution in [1.82, 2.24) is 15.1 Å². The van der Waals surface area contributed by atoms with Gasteiger partial charge in [-0.1, -0.05) is 16.7 Å². The number of aromatic nitrogens is 2. The number of rotatable bonds is 5. The van der Waals surface area contributed by atoms with Crippen LogP contribution in [-0.4, -0.2) is 52.1 Å². The Kier molecular flexibility index (Phi) is 5.29. The lowest BCUT2D eigenvalue weighted by Crippen LogP contribution is -2.64. The van der Waals surface area contributed by atoms with Crippen molar-refractivity contribution in [1.29, 1.82) is 0 Å². The predicted octanol–water partition coefficient (Wildman–Crippen LogP) is 3.33. The van der Waals surface area contributed by atoms with Crippen molar-refractivity contribution < 1.29 is 27.1 Å². The van der Waals surface area contributed by atoms with Crippen LogP contribution in [0.2, 0.25) is 5.02 Å². The van der Waals surface area contributed by atoms with Crippen LogP contribution in [-0.2, 0) is 9.53 Å². The van der Waals surface area contributed by atoms with Gasteiger partial charge < -0.3 is 14.6 Å². The molecule has 1 aliphatic rings. The number of anilines is 1. The van der Waals surface area contributed by atoms with Crippen molar-refractivity contribution in [2.45, 2.75) is 38.4 Å². The summed E-state index contributed by atoms with van der Waals surface area (Å²) >= 11 is 5.82. The molecule has 3 atom stereocenters. The summed E-state index contributed by atoms with van der Waals surface area (Å²) in [6.45, 7) is 2.92. The number of amides is 1. The Hall–Kier alpha value is -2.33. The number of benzene rings is 1. The van der Waals surface area contributed by atoms with Gasteiger partial charge in [0.15, 0.2) is 0 Å². The number of likely N-dealkylation sites (tertiary alicyclic amines) is 1. The van der Waals surface area contributed by atoms with E-state index in [-0.39, 0.29) is 18.5 Å². The van der Waals surface area contributed by atoms with Crippen LogP contribution in [0.3, 0.4) is 0 Å². The molecule has 1 amide bonds. The van der Waals surface area contributed by atoms with E-state index in [1.807, 2.05) is 0 Å². The second-order valence-corrected chi connectivity index (χ2v) is 6.55. The molecule has 11 heteroatoms. The fourth-order valence-electron chi connectivity index (χ4n) is 2.66. The van der Waals surface area contributed by atoms with Crippen LogP contribution in [0.25, 0.3) is 11.5 Å². The Morgan fingerprint density at radius 3 is 2.63 bits per heavy atom. The maximum Gasteiger partial charge on any atom is 0.522 e. The number of nitrogens with one attached hydrogen (secondary N) is 1. The zero-order chi connectivity index (χ0) is 19.8. The van der Waals surface area contributed by atoms with Crippen LogP contribution in [0, 0.1) is 0 Å². The van der Waals surface area contributed by atoms with Gasteiger partial charge in [-0.05, 0) is 38.1 Å². The van der Waals surface area contributed by atoms with Gasteiger partial charge in [0.05, 0.1) is 6.04 Å². The van der Waals surface area contributed by atoms with Gasteiger partial charge in [-0.15, -0.1) is 18.3 Å². The van der Waals surface area contributed by atoms with Gasteiger partial charge >= 0.3 is 12.4 Å². The lowest BCUT2D eigenvalue weighted by Gasteiger charge is -2.46. The molecule has 1 saturated heterocycles. The van der Waals surface area contributed by atoms with E-state index in [9.17, 15) is 18.0 Å². The number of hydrogen-bond donors (Lipinski definition) is 1. The molecule has 0 bridgehead atoms. The highest BCUT2D eigenvalue weighted by Crippen LogP contribution is 2.29. The molecule has 0 radical (unpaired) electrons. The number of carbonyl (C=O) groups excluding carboxylic acids is 1. The highest BCUT2D eigenvalue weighted by Gasteiger charge is 2.46. The van der Waals surface area contributed by atoms with Crippen molar-refractivity contribution in [3.05, 3.63) is 29.3 Å². The van der Waals surface area contributed by atoms with Crippen molar-refractivity contribution in [2.75, 3.05) is 11.9 Å². The van der Waals surface area contributed by atoms with Crippen LogP contribution >= 0.6 is 11.6 Å². The average molecular weight is 405 g/mol. The monoisotopic (exact) mass is 404 g/mol. The summed E-state index contributed by atoms with van der Waals surface area (Å²) in [5, 5.41) is 11.0. The van der Waals surface area contributed by atoms with Gasteiger partial charge in [-0.2, -0.15) is 0 Å². The third-order valence-corrected chi connectivity index (χ3v) is 4.45. The summed E-state index contributed by atoms with van der Waals surface area (Å²) in [5.74, 6) is -0.152. The molecule has 2 heterocycles. The molecule has 146 valence electrons. The number of hydrogen-bond acceptors (Lipinski definition) is 6. The minimum atomic E-state index is -4.72. The molecule has 0 spiro atoms. The maximum atomic E-state index is 12.4. The number of alkyl halides is 3. The first kappa shape index (κ1) is 19.4. The Morgan fingerprint density at radius 1 is 1.37 bits per heavy atom. The maximum absolute atomic E-state index is 12.4. The molecule has 1 aliphatic heterocycles. The minimum Gasteiger partial charge on any atom is -0.403 e. The van der Waals surface area contributed by atoms with Crippen LogP contribution in [0.4, 0.5) is 19.2 Å². The molecule has 0 unspecified atom stereocenters. The molecule has 27 heavy (non-hydrogen) atoms. The van der Waals surface area contributed by atoms with Crippen molar-refractivity contribution in [2.24, 2.45) is 0 Å². The third kappa shape index (κ3) is 4.51. The van der Waals surface area contributed by atoms with Crippen molar-refractivity contribution >= 4 is 23.5 Å². The summed E-state index contributed by atoms with van der Waals surface area (Å²) in [6, 6.07) is 5.33. The van der Waals surface area contributed by atoms with Gasteiger partial charge in [0, 0.05) is 17.1 Å². The minimum absolute atomic E-state index is 0.0251. The number of ether oxygens (including phenoxy) is 1. The first-order valence-corrected chi connectivity index (χ1v) is 8.43. The van der Waals surface area contributed by atoms with Gasteiger partial charge in [-0.3, -0.25) is 9.53 Å². The SMILES string of the molecule is C[C@@H](Nc1nnc(-c2ccc(Cl)cc2)o1)C(=O)N1C[C@H](OC(F)(F)F)[C@@H]1C. The summed E-state index contributed by atoms with van der Waals surface area (Å²) in [7, 11) is 0. The zero-order valence-corrected chi connectivity index (χ0v) is 15.1. The quantitative estimate of drug-likeness (QED) is 0.823. The van der Waals surface area contributed by atoms with Gasteiger partial charge in [0.25, 0.3) is 0 Å². The summed E-state index contributed by atoms with van der Waals surface area (Å²) in [6.07, 6.45) is -5.79. The fraction of sp³-hybridized carbons (Fsp3) is 0.438. The van der Waals surface area contributed by atoms with E-state index < -0.39 is 30.5 Å². The van der Waals surface area contributed by atoms with Crippen molar-refractivity contribution in [3.63, 3.8) is 0 Å². The normalized spacial score (nSPS) is 20.9. The second-order valence-electron chi connectivity index (χ2n) is 6.12. The Labute approximate surface area is 157 Å². The highest BCUT2D eigenvalue weighted by atomic mass is 35.5. The Morgan fingerprint density at radius 2 is 2.04 bits per heavy atom. The van der Waals surface area contributed by atoms with E-state index in [0.717, 1.165) is 0 Å². The second kappa shape index (κ2) is 7.35. The van der Waals surface area contributed by atoms with Crippen LogP contribution in [0.5, 0.6) is 0 Å². The van der Waals surface area contributed by atoms with Crippen LogP contribution in [0.15, 0.2) is 28.7 Å². The predicted molar refractivity (Wildman–Crippen MR) is 89.9 cm³/mol. The van der Waals surface area contributed by atoms with Gasteiger partial charge in [0.1, 0.15) is 12.1 Å². The average Bonchev–Trinajstić information content (AvgIpc) is 3.05. The van der Waals surface area contributed by atoms with E-state index in [0.29, 0.717) is 10.6 Å². The highest BCUT2D eigenvalue weighted by molar-refractivity contribution is 6.30. The molecule has 3 rings (SSSR count). The Balaban J connectivity index is 1.57. The summed E-state index contributed by atoms with van der Waals surface area (Å²) in [4.78, 5) is 13.7. The van der Waals surface area contributed by atoms with Crippen molar-refractivity contribution in [3.8, 4) is 11.5 Å². The molecule has 1 aromatic heterocycles. The van der Waals surface area contributed by atoms with E-state index >= 15 is 0 Å². The molecule has 2 aromatic rings. The van der Waals surface area contributed by atoms with Crippen LogP contribution < -0.4 is 5.32 Å². The summed E-state index contributed by atoms with van der Waals surface area (Å²) < 4.78 is 46.2.